The van der Waals surface area contributed by atoms with E-state index in [4.69, 9.17) is 16.3 Å². The van der Waals surface area contributed by atoms with Gasteiger partial charge in [-0.15, -0.1) is 11.3 Å². The summed E-state index contributed by atoms with van der Waals surface area (Å²) in [6, 6.07) is 15.3. The fourth-order valence-electron chi connectivity index (χ4n) is 3.02. The van der Waals surface area contributed by atoms with Gasteiger partial charge < -0.3 is 10.1 Å². The van der Waals surface area contributed by atoms with Crippen molar-refractivity contribution in [3.63, 3.8) is 0 Å². The van der Waals surface area contributed by atoms with Crippen LogP contribution in [-0.4, -0.2) is 26.1 Å². The second-order valence-corrected chi connectivity index (χ2v) is 10.2. The molecule has 0 spiro atoms. The first kappa shape index (κ1) is 21.9. The van der Waals surface area contributed by atoms with Crippen molar-refractivity contribution < 1.29 is 17.9 Å². The first-order valence-corrected chi connectivity index (χ1v) is 11.8. The number of aromatic nitrogens is 1. The minimum absolute atomic E-state index is 0.0692. The Hall–Kier alpha value is -3.34. The number of thiophene rings is 1. The number of carbonyl (C=O) groups is 1. The molecule has 2 heterocycles. The maximum atomic E-state index is 12.9. The van der Waals surface area contributed by atoms with E-state index in [9.17, 15) is 18.0 Å². The number of benzene rings is 2. The molecule has 0 aliphatic carbocycles. The third kappa shape index (κ3) is 4.47. The Morgan fingerprint density at radius 1 is 1.06 bits per heavy atom. The smallest absolute Gasteiger partial charge is 0.333 e. The van der Waals surface area contributed by atoms with Crippen molar-refractivity contribution in [2.24, 2.45) is 0 Å². The van der Waals surface area contributed by atoms with Crippen LogP contribution in [0.3, 0.4) is 0 Å². The highest BCUT2D eigenvalue weighted by molar-refractivity contribution is 7.92. The lowest BCUT2D eigenvalue weighted by Gasteiger charge is -2.10. The van der Waals surface area contributed by atoms with E-state index >= 15 is 0 Å². The molecule has 4 aromatic rings. The third-order valence-electron chi connectivity index (χ3n) is 4.56. The molecule has 8 nitrogen and oxygen atoms in total. The van der Waals surface area contributed by atoms with Crippen LogP contribution in [0.5, 0.6) is 5.75 Å². The molecule has 0 atom stereocenters. The van der Waals surface area contributed by atoms with Crippen LogP contribution in [-0.2, 0) is 10.0 Å². The molecule has 0 unspecified atom stereocenters. The molecule has 2 aromatic carbocycles. The summed E-state index contributed by atoms with van der Waals surface area (Å²) in [5, 5.41) is 3.75. The number of anilines is 1. The van der Waals surface area contributed by atoms with Crippen LogP contribution in [0.1, 0.15) is 0 Å². The summed E-state index contributed by atoms with van der Waals surface area (Å²) in [4.78, 5) is 25.0. The summed E-state index contributed by atoms with van der Waals surface area (Å²) in [6.07, 6.45) is 1.66. The lowest BCUT2D eigenvalue weighted by molar-refractivity contribution is 0.256. The van der Waals surface area contributed by atoms with Crippen LogP contribution in [0.25, 0.3) is 16.5 Å². The molecule has 0 fully saturated rings. The first-order valence-electron chi connectivity index (χ1n) is 9.16. The normalized spacial score (nSPS) is 11.3. The quantitative estimate of drug-likeness (QED) is 0.436. The van der Waals surface area contributed by atoms with Crippen molar-refractivity contribution in [3.05, 3.63) is 81.6 Å². The van der Waals surface area contributed by atoms with E-state index in [2.05, 4.69) is 5.32 Å². The molecule has 0 aliphatic heterocycles. The van der Waals surface area contributed by atoms with E-state index in [-0.39, 0.29) is 9.77 Å². The molecule has 2 aromatic heterocycles. The number of nitrogens with zero attached hydrogens (tertiary/aromatic N) is 1. The Kier molecular flexibility index (Phi) is 5.92. The van der Waals surface area contributed by atoms with E-state index < -0.39 is 16.1 Å². The lowest BCUT2D eigenvalue weighted by atomic mass is 10.1. The summed E-state index contributed by atoms with van der Waals surface area (Å²) in [5.74, 6) is 0.581. The van der Waals surface area contributed by atoms with Gasteiger partial charge in [0.1, 0.15) is 9.96 Å². The number of nitrogens with one attached hydrogen (secondary N) is 2. The Bertz CT molecular complexity index is 1480. The minimum Gasteiger partial charge on any atom is -0.497 e. The number of ether oxygens (including phenoxy) is 1. The lowest BCUT2D eigenvalue weighted by Crippen LogP contribution is -2.33. The number of hydrogen-bond donors (Lipinski definition) is 2. The van der Waals surface area contributed by atoms with Gasteiger partial charge in [-0.05, 0) is 60.0 Å². The summed E-state index contributed by atoms with van der Waals surface area (Å²) in [6.45, 7) is 0. The molecule has 2 N–H and O–H groups in total. The van der Waals surface area contributed by atoms with E-state index in [1.165, 1.54) is 23.8 Å². The summed E-state index contributed by atoms with van der Waals surface area (Å²) in [5.41, 5.74) is 0.702. The molecule has 32 heavy (non-hydrogen) atoms. The van der Waals surface area contributed by atoms with Gasteiger partial charge in [0, 0.05) is 17.6 Å². The molecule has 0 saturated carbocycles. The Balaban J connectivity index is 1.53. The summed E-state index contributed by atoms with van der Waals surface area (Å²) in [7, 11) is -2.49. The summed E-state index contributed by atoms with van der Waals surface area (Å²) >= 11 is 6.59. The number of hydrogen-bond acceptors (Lipinski definition) is 6. The number of carbonyl (C=O) groups excluding carboxylic acids is 1. The minimum atomic E-state index is -4.03. The van der Waals surface area contributed by atoms with Crippen molar-refractivity contribution in [1.82, 2.24) is 9.29 Å². The molecule has 0 aliphatic rings. The highest BCUT2D eigenvalue weighted by Gasteiger charge is 2.19. The maximum Gasteiger partial charge on any atom is 0.333 e. The van der Waals surface area contributed by atoms with Crippen LogP contribution < -0.4 is 20.3 Å². The van der Waals surface area contributed by atoms with Crippen molar-refractivity contribution in [1.29, 1.82) is 0 Å². The van der Waals surface area contributed by atoms with E-state index in [1.807, 2.05) is 16.9 Å². The number of fused-ring (bicyclic) bond motifs is 1. The van der Waals surface area contributed by atoms with E-state index in [0.29, 0.717) is 26.8 Å². The second kappa shape index (κ2) is 8.65. The maximum absolute atomic E-state index is 12.9. The second-order valence-electron chi connectivity index (χ2n) is 6.61. The van der Waals surface area contributed by atoms with Gasteiger partial charge >= 0.3 is 6.03 Å². The van der Waals surface area contributed by atoms with Crippen LogP contribution in [0.15, 0.2) is 75.9 Å². The van der Waals surface area contributed by atoms with Crippen molar-refractivity contribution in [2.45, 2.75) is 4.21 Å². The van der Waals surface area contributed by atoms with Crippen LogP contribution >= 0.6 is 22.9 Å². The van der Waals surface area contributed by atoms with Gasteiger partial charge in [-0.2, -0.15) is 0 Å². The Morgan fingerprint density at radius 2 is 1.81 bits per heavy atom. The SMILES string of the molecule is COc1ccc2ccn(-c3ccc(NC(=O)NS(=O)(=O)c4ccc(Cl)s4)cc3)c(=O)c2c1. The van der Waals surface area contributed by atoms with Crippen molar-refractivity contribution in [2.75, 3.05) is 12.4 Å². The monoisotopic (exact) mass is 489 g/mol. The van der Waals surface area contributed by atoms with Gasteiger partial charge in [0.25, 0.3) is 15.6 Å². The van der Waals surface area contributed by atoms with Gasteiger partial charge in [0.05, 0.1) is 16.8 Å². The first-order chi connectivity index (χ1) is 15.3. The molecule has 0 radical (unpaired) electrons. The van der Waals surface area contributed by atoms with Crippen molar-refractivity contribution in [3.8, 4) is 11.4 Å². The number of pyridine rings is 1. The van der Waals surface area contributed by atoms with Gasteiger partial charge in [-0.25, -0.2) is 17.9 Å². The van der Waals surface area contributed by atoms with Gasteiger partial charge in [0.2, 0.25) is 0 Å². The molecular formula is C21H16ClN3O5S2. The highest BCUT2D eigenvalue weighted by atomic mass is 35.5. The zero-order valence-electron chi connectivity index (χ0n) is 16.5. The zero-order valence-corrected chi connectivity index (χ0v) is 18.9. The van der Waals surface area contributed by atoms with Crippen LogP contribution in [0, 0.1) is 0 Å². The standard InChI is InChI=1S/C21H16ClN3O5S2/c1-30-16-7-2-13-10-11-25(20(26)17(13)12-16)15-5-3-14(4-6-15)23-21(27)24-32(28,29)19-9-8-18(22)31-19/h2-12H,1H3,(H2,23,24,27). The molecular weight excluding hydrogens is 474 g/mol. The fourth-order valence-corrected chi connectivity index (χ4v) is 5.41. The number of sulfonamides is 1. The van der Waals surface area contributed by atoms with Gasteiger partial charge in [-0.3, -0.25) is 9.36 Å². The van der Waals surface area contributed by atoms with Crippen LogP contribution in [0.4, 0.5) is 10.5 Å². The van der Waals surface area contributed by atoms with Gasteiger partial charge in [-0.1, -0.05) is 17.7 Å². The topological polar surface area (TPSA) is 106 Å². The highest BCUT2D eigenvalue weighted by Crippen LogP contribution is 2.25. The fraction of sp³-hybridized carbons (Fsp3) is 0.0476. The number of amides is 2. The third-order valence-corrected chi connectivity index (χ3v) is 7.61. The molecule has 2 amide bonds. The van der Waals surface area contributed by atoms with Gasteiger partial charge in [0.15, 0.2) is 0 Å². The Morgan fingerprint density at radius 3 is 2.47 bits per heavy atom. The Labute approximate surface area is 192 Å². The molecule has 0 saturated heterocycles. The number of urea groups is 1. The molecule has 4 rings (SSSR count). The number of halogens is 1. The number of methoxy groups -OCH3 is 1. The zero-order chi connectivity index (χ0) is 22.9. The molecule has 0 bridgehead atoms. The van der Waals surface area contributed by atoms with Crippen LogP contribution in [0.2, 0.25) is 4.34 Å². The average Bonchev–Trinajstić information content (AvgIpc) is 3.21. The molecule has 164 valence electrons. The largest absolute Gasteiger partial charge is 0.497 e. The number of rotatable bonds is 5. The van der Waals surface area contributed by atoms with Crippen molar-refractivity contribution >= 4 is 55.5 Å². The molecule has 11 heteroatoms. The summed E-state index contributed by atoms with van der Waals surface area (Å²) < 4.78 is 33.2. The average molecular weight is 490 g/mol. The van der Waals surface area contributed by atoms with E-state index in [0.717, 1.165) is 16.7 Å². The predicted octanol–water partition coefficient (Wildman–Crippen LogP) is 4.22. The van der Waals surface area contributed by atoms with E-state index in [1.54, 1.807) is 42.6 Å². The predicted molar refractivity (Wildman–Crippen MR) is 125 cm³/mol.